The monoisotopic (exact) mass is 476 g/mol. The maximum atomic E-state index is 15.0. The van der Waals surface area contributed by atoms with Crippen molar-refractivity contribution in [2.24, 2.45) is 0 Å². The highest BCUT2D eigenvalue weighted by atomic mass is 32.2. The summed E-state index contributed by atoms with van der Waals surface area (Å²) in [6.07, 6.45) is 2.61. The van der Waals surface area contributed by atoms with Gasteiger partial charge in [-0.3, -0.25) is 4.90 Å². The number of carbonyl (C=O) groups is 1. The van der Waals surface area contributed by atoms with Crippen LogP contribution < -0.4 is 9.80 Å². The van der Waals surface area contributed by atoms with Crippen LogP contribution in [0.5, 0.6) is 0 Å². The van der Waals surface area contributed by atoms with Crippen LogP contribution in [0, 0.1) is 11.6 Å². The first-order valence-electron chi connectivity index (χ1n) is 11.1. The lowest BCUT2D eigenvalue weighted by atomic mass is 10.0. The molecular formula is C24H26F2N2O4S. The van der Waals surface area contributed by atoms with E-state index in [1.165, 1.54) is 17.0 Å². The lowest BCUT2D eigenvalue weighted by Crippen LogP contribution is -2.45. The van der Waals surface area contributed by atoms with Crippen LogP contribution in [-0.4, -0.2) is 62.8 Å². The summed E-state index contributed by atoms with van der Waals surface area (Å²) in [7, 11) is 0. The smallest absolute Gasteiger partial charge is 0.414 e. The number of nitrogens with zero attached hydrogens (tertiary/aromatic N) is 2. The Kier molecular flexibility index (Phi) is 6.20. The minimum atomic E-state index is -0.519. The van der Waals surface area contributed by atoms with Gasteiger partial charge in [0.05, 0.1) is 31.1 Å². The molecule has 176 valence electrons. The van der Waals surface area contributed by atoms with Crippen molar-refractivity contribution in [1.82, 2.24) is 0 Å². The molecule has 3 fully saturated rings. The van der Waals surface area contributed by atoms with Crippen molar-refractivity contribution in [3.05, 3.63) is 48.0 Å². The first kappa shape index (κ1) is 22.4. The molecule has 5 rings (SSSR count). The van der Waals surface area contributed by atoms with Crippen LogP contribution in [-0.2, 0) is 14.2 Å². The predicted octanol–water partition coefficient (Wildman–Crippen LogP) is 4.66. The van der Waals surface area contributed by atoms with Crippen molar-refractivity contribution in [2.45, 2.75) is 24.7 Å². The molecular weight excluding hydrogens is 450 g/mol. The summed E-state index contributed by atoms with van der Waals surface area (Å²) in [5.41, 5.74) is 1.65. The number of carbonyl (C=O) groups excluding carboxylic acids is 1. The number of rotatable bonds is 5. The summed E-state index contributed by atoms with van der Waals surface area (Å²) < 4.78 is 46.8. The number of amides is 1. The quantitative estimate of drug-likeness (QED) is 0.626. The Morgan fingerprint density at radius 1 is 1.06 bits per heavy atom. The second-order valence-corrected chi connectivity index (χ2v) is 9.41. The van der Waals surface area contributed by atoms with Crippen LogP contribution in [0.4, 0.5) is 25.0 Å². The lowest BCUT2D eigenvalue weighted by molar-refractivity contribution is -0.169. The molecule has 3 heterocycles. The lowest BCUT2D eigenvalue weighted by Gasteiger charge is -2.38. The molecule has 6 nitrogen and oxygen atoms in total. The van der Waals surface area contributed by atoms with Gasteiger partial charge >= 0.3 is 6.09 Å². The topological polar surface area (TPSA) is 51.2 Å². The molecule has 0 radical (unpaired) electrons. The van der Waals surface area contributed by atoms with Crippen molar-refractivity contribution in [3.63, 3.8) is 0 Å². The molecule has 0 N–H and O–H groups in total. The molecule has 2 aromatic rings. The Labute approximate surface area is 195 Å². The van der Waals surface area contributed by atoms with Crippen molar-refractivity contribution in [1.29, 1.82) is 0 Å². The van der Waals surface area contributed by atoms with Crippen LogP contribution in [0.15, 0.2) is 36.4 Å². The van der Waals surface area contributed by atoms with Gasteiger partial charge in [0.1, 0.15) is 17.7 Å². The van der Waals surface area contributed by atoms with E-state index in [0.29, 0.717) is 68.4 Å². The number of hydrogen-bond donors (Lipinski definition) is 0. The molecule has 9 heteroatoms. The Hall–Kier alpha value is -2.36. The van der Waals surface area contributed by atoms with Crippen LogP contribution >= 0.6 is 11.8 Å². The second-order valence-electron chi connectivity index (χ2n) is 8.50. The van der Waals surface area contributed by atoms with Gasteiger partial charge in [-0.25, -0.2) is 13.6 Å². The molecule has 3 aliphatic rings. The average Bonchev–Trinajstić information content (AvgIpc) is 3.41. The highest BCUT2D eigenvalue weighted by Gasteiger charge is 2.40. The van der Waals surface area contributed by atoms with E-state index in [4.69, 9.17) is 14.2 Å². The van der Waals surface area contributed by atoms with E-state index in [-0.39, 0.29) is 11.7 Å². The molecule has 33 heavy (non-hydrogen) atoms. The fourth-order valence-corrected chi connectivity index (χ4v) is 5.26. The third-order valence-electron chi connectivity index (χ3n) is 6.43. The fraction of sp³-hybridized carbons (Fsp3) is 0.458. The number of anilines is 2. The van der Waals surface area contributed by atoms with Gasteiger partial charge in [-0.15, -0.1) is 0 Å². The van der Waals surface area contributed by atoms with Crippen molar-refractivity contribution in [3.8, 4) is 11.1 Å². The molecule has 1 atom stereocenters. The zero-order valence-corrected chi connectivity index (χ0v) is 19.2. The molecule has 1 spiro atoms. The molecule has 1 amide bonds. The SMILES string of the molecule is CSCC1CN(c2ccc(-c3ccc(N4CCC5(CC4)OCCO5)c(F)c3)c(F)c2)C(=O)O1. The second kappa shape index (κ2) is 9.12. The molecule has 0 saturated carbocycles. The van der Waals surface area contributed by atoms with E-state index in [1.807, 2.05) is 11.2 Å². The van der Waals surface area contributed by atoms with Gasteiger partial charge in [-0.1, -0.05) is 6.07 Å². The number of hydrogen-bond acceptors (Lipinski definition) is 6. The number of thioether (sulfide) groups is 1. The highest BCUT2D eigenvalue weighted by Crippen LogP contribution is 2.36. The number of cyclic esters (lactones) is 1. The normalized spacial score (nSPS) is 22.3. The maximum absolute atomic E-state index is 15.0. The summed E-state index contributed by atoms with van der Waals surface area (Å²) in [6.45, 7) is 2.84. The third-order valence-corrected chi connectivity index (χ3v) is 7.13. The number of halogens is 2. The zero-order valence-electron chi connectivity index (χ0n) is 18.4. The number of piperidine rings is 1. The number of ether oxygens (including phenoxy) is 3. The highest BCUT2D eigenvalue weighted by molar-refractivity contribution is 7.98. The van der Waals surface area contributed by atoms with Crippen LogP contribution in [0.25, 0.3) is 11.1 Å². The molecule has 3 saturated heterocycles. The molecule has 1 unspecified atom stereocenters. The van der Waals surface area contributed by atoms with Gasteiger partial charge in [-0.05, 0) is 42.2 Å². The Morgan fingerprint density at radius 3 is 2.48 bits per heavy atom. The van der Waals surface area contributed by atoms with Crippen molar-refractivity contribution < 1.29 is 27.8 Å². The summed E-state index contributed by atoms with van der Waals surface area (Å²) in [5, 5.41) is 0. The first-order valence-corrected chi connectivity index (χ1v) is 12.5. The van der Waals surface area contributed by atoms with Crippen molar-refractivity contribution >= 4 is 29.2 Å². The Balaban J connectivity index is 1.31. The fourth-order valence-electron chi connectivity index (χ4n) is 4.72. The maximum Gasteiger partial charge on any atom is 0.414 e. The molecule has 0 aromatic heterocycles. The van der Waals surface area contributed by atoms with Crippen LogP contribution in [0.2, 0.25) is 0 Å². The predicted molar refractivity (Wildman–Crippen MR) is 124 cm³/mol. The van der Waals surface area contributed by atoms with E-state index in [0.717, 1.165) is 0 Å². The third kappa shape index (κ3) is 4.41. The standard InChI is InChI=1S/C24H26F2N2O4S/c1-33-15-18-14-28(23(29)32-18)17-3-4-19(20(25)13-17)16-2-5-22(21(26)12-16)27-8-6-24(7-9-27)30-10-11-31-24/h2-5,12-13,18H,6-11,14-15H2,1H3. The van der Waals surface area contributed by atoms with E-state index in [1.54, 1.807) is 36.0 Å². The van der Waals surface area contributed by atoms with Gasteiger partial charge in [0.25, 0.3) is 0 Å². The minimum Gasteiger partial charge on any atom is -0.443 e. The van der Waals surface area contributed by atoms with Gasteiger partial charge in [-0.2, -0.15) is 11.8 Å². The Bertz CT molecular complexity index is 1040. The van der Waals surface area contributed by atoms with E-state index >= 15 is 4.39 Å². The Morgan fingerprint density at radius 2 is 1.82 bits per heavy atom. The summed E-state index contributed by atoms with van der Waals surface area (Å²) in [6, 6.07) is 9.32. The van der Waals surface area contributed by atoms with E-state index < -0.39 is 23.5 Å². The number of benzene rings is 2. The summed E-state index contributed by atoms with van der Waals surface area (Å²) in [4.78, 5) is 15.5. The van der Waals surface area contributed by atoms with Crippen LogP contribution in [0.1, 0.15) is 12.8 Å². The molecule has 3 aliphatic heterocycles. The summed E-state index contributed by atoms with van der Waals surface area (Å²) in [5.74, 6) is -0.749. The van der Waals surface area contributed by atoms with E-state index in [9.17, 15) is 9.18 Å². The van der Waals surface area contributed by atoms with Gasteiger partial charge in [0, 0.05) is 37.2 Å². The van der Waals surface area contributed by atoms with Crippen molar-refractivity contribution in [2.75, 3.05) is 54.7 Å². The average molecular weight is 477 g/mol. The minimum absolute atomic E-state index is 0.215. The van der Waals surface area contributed by atoms with Gasteiger partial charge in [0.2, 0.25) is 0 Å². The largest absolute Gasteiger partial charge is 0.443 e. The molecule has 2 aromatic carbocycles. The molecule has 0 bridgehead atoms. The first-order chi connectivity index (χ1) is 16.0. The van der Waals surface area contributed by atoms with E-state index in [2.05, 4.69) is 0 Å². The van der Waals surface area contributed by atoms with Crippen LogP contribution in [0.3, 0.4) is 0 Å². The molecule has 0 aliphatic carbocycles. The summed E-state index contributed by atoms with van der Waals surface area (Å²) >= 11 is 1.59. The van der Waals surface area contributed by atoms with Gasteiger partial charge in [0.15, 0.2) is 5.79 Å². The zero-order chi connectivity index (χ0) is 23.0. The van der Waals surface area contributed by atoms with Gasteiger partial charge < -0.3 is 19.1 Å².